The van der Waals surface area contributed by atoms with Crippen LogP contribution in [0.4, 0.5) is 0 Å². The lowest BCUT2D eigenvalue weighted by Crippen LogP contribution is -1.89. The van der Waals surface area contributed by atoms with E-state index in [4.69, 9.17) is 0 Å². The summed E-state index contributed by atoms with van der Waals surface area (Å²) in [6.07, 6.45) is 4.36. The highest BCUT2D eigenvalue weighted by Gasteiger charge is 2.07. The number of rotatable bonds is 5. The zero-order chi connectivity index (χ0) is 20.8. The van der Waals surface area contributed by atoms with Crippen LogP contribution in [-0.2, 0) is 0 Å². The molecule has 30 heavy (non-hydrogen) atoms. The van der Waals surface area contributed by atoms with Crippen molar-refractivity contribution < 1.29 is 0 Å². The molecule has 0 aliphatic heterocycles. The van der Waals surface area contributed by atoms with Crippen LogP contribution >= 0.6 is 0 Å². The summed E-state index contributed by atoms with van der Waals surface area (Å²) in [5.74, 6) is 0. The van der Waals surface area contributed by atoms with Crippen LogP contribution in [0, 0.1) is 0 Å². The summed E-state index contributed by atoms with van der Waals surface area (Å²) in [6.45, 7) is 4.20. The maximum Gasteiger partial charge on any atom is -0.0154 e. The van der Waals surface area contributed by atoms with Crippen LogP contribution in [0.1, 0.15) is 36.1 Å². The van der Waals surface area contributed by atoms with E-state index in [-0.39, 0.29) is 0 Å². The van der Waals surface area contributed by atoms with Crippen molar-refractivity contribution in [3.05, 3.63) is 144 Å². The Balaban J connectivity index is 1.58. The minimum Gasteiger partial charge on any atom is -0.0792 e. The molecule has 0 aromatic heterocycles. The summed E-state index contributed by atoms with van der Waals surface area (Å²) in [5.41, 5.74) is 9.96. The Morgan fingerprint density at radius 2 is 0.700 bits per heavy atom. The molecular weight excluding hydrogens is 360 g/mol. The van der Waals surface area contributed by atoms with Crippen molar-refractivity contribution >= 4 is 11.1 Å². The van der Waals surface area contributed by atoms with Gasteiger partial charge in [0.25, 0.3) is 0 Å². The summed E-state index contributed by atoms with van der Waals surface area (Å²) < 4.78 is 0. The van der Waals surface area contributed by atoms with Gasteiger partial charge in [-0.2, -0.15) is 0 Å². The Labute approximate surface area is 179 Å². The summed E-state index contributed by atoms with van der Waals surface area (Å²) in [7, 11) is 0. The van der Waals surface area contributed by atoms with Gasteiger partial charge in [0.2, 0.25) is 0 Å². The molecule has 0 bridgehead atoms. The van der Waals surface area contributed by atoms with Crippen LogP contribution in [0.5, 0.6) is 0 Å². The molecule has 146 valence electrons. The fourth-order valence-corrected chi connectivity index (χ4v) is 3.92. The number of hydrogen-bond acceptors (Lipinski definition) is 0. The standard InChI is InChI=1S/C30H26/c1-3-29(25-11-7-5-8-12-25)27-19-15-23(16-20-27)24-17-21-28(22-18-24)30(4-2)26-13-9-6-10-14-26/h3-22H,1-2H3/b29-3-,30-4+. The molecule has 0 amide bonds. The van der Waals surface area contributed by atoms with Gasteiger partial charge in [0.05, 0.1) is 0 Å². The molecule has 0 spiro atoms. The zero-order valence-electron chi connectivity index (χ0n) is 17.5. The van der Waals surface area contributed by atoms with Gasteiger partial charge in [-0.1, -0.05) is 121 Å². The van der Waals surface area contributed by atoms with E-state index in [9.17, 15) is 0 Å². The highest BCUT2D eigenvalue weighted by molar-refractivity contribution is 5.82. The smallest absolute Gasteiger partial charge is 0.0154 e. The van der Waals surface area contributed by atoms with Gasteiger partial charge in [0.15, 0.2) is 0 Å². The lowest BCUT2D eigenvalue weighted by Gasteiger charge is -2.11. The Hall–Kier alpha value is -3.64. The van der Waals surface area contributed by atoms with Gasteiger partial charge in [-0.3, -0.25) is 0 Å². The van der Waals surface area contributed by atoms with Crippen molar-refractivity contribution in [2.75, 3.05) is 0 Å². The molecule has 0 fully saturated rings. The van der Waals surface area contributed by atoms with Gasteiger partial charge in [-0.15, -0.1) is 0 Å². The molecule has 0 saturated carbocycles. The van der Waals surface area contributed by atoms with Gasteiger partial charge in [0.1, 0.15) is 0 Å². The molecule has 0 aliphatic carbocycles. The molecule has 0 saturated heterocycles. The first-order valence-electron chi connectivity index (χ1n) is 10.4. The third kappa shape index (κ3) is 4.18. The van der Waals surface area contributed by atoms with E-state index in [0.29, 0.717) is 0 Å². The van der Waals surface area contributed by atoms with E-state index in [1.807, 2.05) is 0 Å². The van der Waals surface area contributed by atoms with Crippen molar-refractivity contribution in [1.82, 2.24) is 0 Å². The van der Waals surface area contributed by atoms with Gasteiger partial charge in [0, 0.05) is 0 Å². The van der Waals surface area contributed by atoms with E-state index in [2.05, 4.69) is 135 Å². The van der Waals surface area contributed by atoms with Crippen molar-refractivity contribution in [3.63, 3.8) is 0 Å². The highest BCUT2D eigenvalue weighted by Crippen LogP contribution is 2.29. The van der Waals surface area contributed by atoms with Crippen LogP contribution in [0.15, 0.2) is 121 Å². The lowest BCUT2D eigenvalue weighted by molar-refractivity contribution is 1.50. The van der Waals surface area contributed by atoms with E-state index < -0.39 is 0 Å². The topological polar surface area (TPSA) is 0 Å². The van der Waals surface area contributed by atoms with Gasteiger partial charge in [-0.25, -0.2) is 0 Å². The maximum atomic E-state index is 2.22. The van der Waals surface area contributed by atoms with Crippen LogP contribution in [0.3, 0.4) is 0 Å². The fourth-order valence-electron chi connectivity index (χ4n) is 3.92. The van der Waals surface area contributed by atoms with Crippen molar-refractivity contribution in [3.8, 4) is 11.1 Å². The first-order chi connectivity index (χ1) is 14.8. The SMILES string of the molecule is C/C=C(/c1ccccc1)c1ccc(-c2ccc(/C(=C/C)c3ccccc3)cc2)cc1. The predicted molar refractivity (Wildman–Crippen MR) is 130 cm³/mol. The first-order valence-corrected chi connectivity index (χ1v) is 10.4. The summed E-state index contributed by atoms with van der Waals surface area (Å²) >= 11 is 0. The molecule has 0 radical (unpaired) electrons. The fraction of sp³-hybridized carbons (Fsp3) is 0.0667. The molecule has 0 unspecified atom stereocenters. The molecule has 0 N–H and O–H groups in total. The first kappa shape index (κ1) is 19.7. The van der Waals surface area contributed by atoms with Gasteiger partial charge in [-0.05, 0) is 58.4 Å². The second-order valence-corrected chi connectivity index (χ2v) is 7.29. The number of hydrogen-bond donors (Lipinski definition) is 0. The molecule has 0 aliphatic rings. The average molecular weight is 387 g/mol. The van der Waals surface area contributed by atoms with Crippen LogP contribution in [-0.4, -0.2) is 0 Å². The van der Waals surface area contributed by atoms with Crippen molar-refractivity contribution in [2.24, 2.45) is 0 Å². The van der Waals surface area contributed by atoms with E-state index >= 15 is 0 Å². The summed E-state index contributed by atoms with van der Waals surface area (Å²) in [4.78, 5) is 0. The highest BCUT2D eigenvalue weighted by atomic mass is 14.1. The molecule has 4 aromatic carbocycles. The van der Waals surface area contributed by atoms with Crippen molar-refractivity contribution in [2.45, 2.75) is 13.8 Å². The lowest BCUT2D eigenvalue weighted by atomic mass is 9.94. The molecule has 0 heteroatoms. The second kappa shape index (κ2) is 9.24. The van der Waals surface area contributed by atoms with Crippen molar-refractivity contribution in [1.29, 1.82) is 0 Å². The maximum absolute atomic E-state index is 2.22. The largest absolute Gasteiger partial charge is 0.0792 e. The third-order valence-electron chi connectivity index (χ3n) is 5.47. The van der Waals surface area contributed by atoms with Gasteiger partial charge >= 0.3 is 0 Å². The molecule has 0 atom stereocenters. The quantitative estimate of drug-likeness (QED) is 0.324. The predicted octanol–water partition coefficient (Wildman–Crippen LogP) is 8.26. The Kier molecular flexibility index (Phi) is 6.06. The zero-order valence-corrected chi connectivity index (χ0v) is 17.5. The molecule has 4 rings (SSSR count). The van der Waals surface area contributed by atoms with Gasteiger partial charge < -0.3 is 0 Å². The summed E-state index contributed by atoms with van der Waals surface area (Å²) in [5, 5.41) is 0. The molecular formula is C30H26. The summed E-state index contributed by atoms with van der Waals surface area (Å²) in [6, 6.07) is 38.8. The average Bonchev–Trinajstić information content (AvgIpc) is 2.82. The van der Waals surface area contributed by atoms with E-state index in [1.54, 1.807) is 0 Å². The Morgan fingerprint density at radius 1 is 0.400 bits per heavy atom. The second-order valence-electron chi connectivity index (χ2n) is 7.29. The monoisotopic (exact) mass is 386 g/mol. The minimum atomic E-state index is 1.23. The van der Waals surface area contributed by atoms with E-state index in [0.717, 1.165) is 0 Å². The van der Waals surface area contributed by atoms with Crippen LogP contribution in [0.2, 0.25) is 0 Å². The van der Waals surface area contributed by atoms with E-state index in [1.165, 1.54) is 44.5 Å². The normalized spacial score (nSPS) is 12.1. The number of benzene rings is 4. The minimum absolute atomic E-state index is 1.23. The third-order valence-corrected chi connectivity index (χ3v) is 5.47. The Morgan fingerprint density at radius 3 is 1.00 bits per heavy atom. The number of allylic oxidation sites excluding steroid dienone is 2. The molecule has 4 aromatic rings. The van der Waals surface area contributed by atoms with Crippen LogP contribution < -0.4 is 0 Å². The van der Waals surface area contributed by atoms with Crippen LogP contribution in [0.25, 0.3) is 22.3 Å². The Bertz CT molecular complexity index is 1050. The molecule has 0 nitrogen and oxygen atoms in total. The molecule has 0 heterocycles.